The molecule has 0 aliphatic carbocycles. The van der Waals surface area contributed by atoms with Crippen LogP contribution < -0.4 is 0 Å². The summed E-state index contributed by atoms with van der Waals surface area (Å²) >= 11 is 0. The number of hydrogen-bond donors (Lipinski definition) is 0. The summed E-state index contributed by atoms with van der Waals surface area (Å²) < 4.78 is 5.75. The molecule has 5 heteroatoms. The molecule has 5 nitrogen and oxygen atoms in total. The van der Waals surface area contributed by atoms with E-state index >= 15 is 0 Å². The van der Waals surface area contributed by atoms with Gasteiger partial charge in [0.05, 0.1) is 6.54 Å². The van der Waals surface area contributed by atoms with Gasteiger partial charge < -0.3 is 9.64 Å². The fourth-order valence-corrected chi connectivity index (χ4v) is 3.27. The summed E-state index contributed by atoms with van der Waals surface area (Å²) in [7, 11) is 0. The normalized spacial score (nSPS) is 19.6. The lowest BCUT2D eigenvalue weighted by Gasteiger charge is -2.28. The van der Waals surface area contributed by atoms with E-state index in [4.69, 9.17) is 4.74 Å². The number of amides is 1. The van der Waals surface area contributed by atoms with Gasteiger partial charge in [0, 0.05) is 24.9 Å². The number of benzene rings is 2. The molecule has 150 valence electrons. The molecule has 2 aromatic rings. The Kier molecular flexibility index (Phi) is 7.34. The van der Waals surface area contributed by atoms with Crippen molar-refractivity contribution in [3.63, 3.8) is 0 Å². The second-order valence-electron chi connectivity index (χ2n) is 7.07. The van der Waals surface area contributed by atoms with Crippen LogP contribution >= 0.6 is 0 Å². The molecule has 1 amide bonds. The van der Waals surface area contributed by atoms with E-state index < -0.39 is 6.10 Å². The number of rotatable bonds is 4. The number of carbonyl (C=O) groups is 3. The van der Waals surface area contributed by atoms with Crippen molar-refractivity contribution in [2.24, 2.45) is 0 Å². The first-order chi connectivity index (χ1) is 14.2. The average Bonchev–Trinajstić information content (AvgIpc) is 2.75. The highest BCUT2D eigenvalue weighted by Crippen LogP contribution is 2.22. The number of ether oxygens (including phenoxy) is 1. The van der Waals surface area contributed by atoms with Crippen molar-refractivity contribution in [2.45, 2.75) is 38.3 Å². The molecule has 0 N–H and O–H groups in total. The second kappa shape index (κ2) is 10.4. The highest BCUT2D eigenvalue weighted by Gasteiger charge is 2.23. The van der Waals surface area contributed by atoms with E-state index in [1.54, 1.807) is 17.0 Å². The van der Waals surface area contributed by atoms with Crippen molar-refractivity contribution in [3.05, 3.63) is 83.4 Å². The Hall–Kier alpha value is -3.21. The molecule has 0 saturated heterocycles. The first kappa shape index (κ1) is 20.5. The fraction of sp³-hybridized carbons (Fsp3) is 0.292. The molecule has 1 heterocycles. The van der Waals surface area contributed by atoms with Gasteiger partial charge in [0.1, 0.15) is 12.4 Å². The minimum absolute atomic E-state index is 0.00617. The molecule has 0 fully saturated rings. The number of nitrogens with zero attached hydrogens (tertiary/aromatic N) is 1. The number of carbonyl (C=O) groups excluding carboxylic acids is 3. The lowest BCUT2D eigenvalue weighted by molar-refractivity contribution is -0.152. The maximum absolute atomic E-state index is 12.9. The van der Waals surface area contributed by atoms with E-state index in [-0.39, 0.29) is 18.4 Å². The first-order valence-corrected chi connectivity index (χ1v) is 9.87. The monoisotopic (exact) mass is 391 g/mol. The molecule has 29 heavy (non-hydrogen) atoms. The molecule has 0 spiro atoms. The van der Waals surface area contributed by atoms with Crippen molar-refractivity contribution >= 4 is 18.2 Å². The van der Waals surface area contributed by atoms with Crippen LogP contribution in [0.2, 0.25) is 0 Å². The SMILES string of the molecule is O=Cc1ccc(CN2C[C@H](c3ccccc3)OC(=O)CC/C=C/CCC2=O)cc1. The van der Waals surface area contributed by atoms with Crippen LogP contribution in [0.5, 0.6) is 0 Å². The molecule has 3 rings (SSSR count). The Bertz CT molecular complexity index is 858. The molecule has 0 saturated carbocycles. The molecule has 0 radical (unpaired) electrons. The third kappa shape index (κ3) is 6.14. The topological polar surface area (TPSA) is 63.7 Å². The van der Waals surface area contributed by atoms with Gasteiger partial charge in [-0.2, -0.15) is 0 Å². The van der Waals surface area contributed by atoms with Crippen molar-refractivity contribution in [2.75, 3.05) is 6.54 Å². The third-order valence-electron chi connectivity index (χ3n) is 4.88. The molecule has 2 aromatic carbocycles. The second-order valence-corrected chi connectivity index (χ2v) is 7.07. The first-order valence-electron chi connectivity index (χ1n) is 9.87. The van der Waals surface area contributed by atoms with Crippen LogP contribution in [0.4, 0.5) is 0 Å². The van der Waals surface area contributed by atoms with Crippen molar-refractivity contribution in [1.29, 1.82) is 0 Å². The smallest absolute Gasteiger partial charge is 0.306 e. The predicted molar refractivity (Wildman–Crippen MR) is 110 cm³/mol. The van der Waals surface area contributed by atoms with Gasteiger partial charge in [0.15, 0.2) is 0 Å². The highest BCUT2D eigenvalue weighted by atomic mass is 16.5. The molecule has 1 aliphatic rings. The minimum Gasteiger partial charge on any atom is -0.456 e. The largest absolute Gasteiger partial charge is 0.456 e. The average molecular weight is 391 g/mol. The highest BCUT2D eigenvalue weighted by molar-refractivity contribution is 5.77. The number of hydrogen-bond acceptors (Lipinski definition) is 4. The van der Waals surface area contributed by atoms with E-state index in [0.717, 1.165) is 17.4 Å². The van der Waals surface area contributed by atoms with Crippen molar-refractivity contribution in [3.8, 4) is 0 Å². The number of esters is 1. The summed E-state index contributed by atoms with van der Waals surface area (Å²) in [6, 6.07) is 16.7. The zero-order chi connectivity index (χ0) is 20.5. The molecular weight excluding hydrogens is 366 g/mol. The lowest BCUT2D eigenvalue weighted by atomic mass is 10.1. The Morgan fingerprint density at radius 1 is 0.931 bits per heavy atom. The number of aldehydes is 1. The van der Waals surface area contributed by atoms with Gasteiger partial charge in [0.25, 0.3) is 0 Å². The molecule has 0 unspecified atom stereocenters. The van der Waals surface area contributed by atoms with Gasteiger partial charge in [-0.15, -0.1) is 0 Å². The number of allylic oxidation sites excluding steroid dienone is 2. The Balaban J connectivity index is 1.86. The molecule has 0 aromatic heterocycles. The van der Waals surface area contributed by atoms with Crippen LogP contribution in [-0.2, 0) is 20.9 Å². The molecule has 0 bridgehead atoms. The Morgan fingerprint density at radius 3 is 2.31 bits per heavy atom. The Labute approximate surface area is 171 Å². The summed E-state index contributed by atoms with van der Waals surface area (Å²) in [5.41, 5.74) is 2.38. The van der Waals surface area contributed by atoms with Crippen LogP contribution in [0, 0.1) is 0 Å². The quantitative estimate of drug-likeness (QED) is 0.444. The molecule has 1 atom stereocenters. The van der Waals surface area contributed by atoms with Crippen molar-refractivity contribution < 1.29 is 19.1 Å². The zero-order valence-corrected chi connectivity index (χ0v) is 16.3. The van der Waals surface area contributed by atoms with E-state index in [1.165, 1.54) is 0 Å². The van der Waals surface area contributed by atoms with Crippen molar-refractivity contribution in [1.82, 2.24) is 4.90 Å². The summed E-state index contributed by atoms with van der Waals surface area (Å²) in [6.07, 6.45) is 6.12. The van der Waals surface area contributed by atoms with Crippen LogP contribution in [0.25, 0.3) is 0 Å². The van der Waals surface area contributed by atoms with Gasteiger partial charge in [-0.25, -0.2) is 0 Å². The third-order valence-corrected chi connectivity index (χ3v) is 4.88. The Morgan fingerprint density at radius 2 is 1.62 bits per heavy atom. The molecular formula is C24H25NO4. The maximum Gasteiger partial charge on any atom is 0.306 e. The summed E-state index contributed by atoms with van der Waals surface area (Å²) in [5.74, 6) is -0.265. The lowest BCUT2D eigenvalue weighted by Crippen LogP contribution is -2.35. The van der Waals surface area contributed by atoms with Crippen LogP contribution in [-0.4, -0.2) is 29.6 Å². The number of cyclic esters (lactones) is 1. The van der Waals surface area contributed by atoms with Gasteiger partial charge in [-0.05, 0) is 24.0 Å². The van der Waals surface area contributed by atoms with Crippen LogP contribution in [0.15, 0.2) is 66.7 Å². The molecule has 1 aliphatic heterocycles. The maximum atomic E-state index is 12.9. The van der Waals surface area contributed by atoms with Gasteiger partial charge in [-0.3, -0.25) is 14.4 Å². The van der Waals surface area contributed by atoms with Gasteiger partial charge >= 0.3 is 5.97 Å². The van der Waals surface area contributed by atoms with E-state index in [9.17, 15) is 14.4 Å². The predicted octanol–water partition coefficient (Wildman–Crippen LogP) is 4.24. The van der Waals surface area contributed by atoms with Gasteiger partial charge in [0.2, 0.25) is 5.91 Å². The zero-order valence-electron chi connectivity index (χ0n) is 16.3. The van der Waals surface area contributed by atoms with E-state index in [2.05, 4.69) is 0 Å². The fourth-order valence-electron chi connectivity index (χ4n) is 3.27. The van der Waals surface area contributed by atoms with E-state index in [1.807, 2.05) is 54.6 Å². The van der Waals surface area contributed by atoms with Crippen LogP contribution in [0.3, 0.4) is 0 Å². The summed E-state index contributed by atoms with van der Waals surface area (Å²) in [5, 5.41) is 0. The standard InChI is InChI=1S/C24H25NO4/c26-18-20-14-12-19(13-15-20)16-25-17-22(21-8-4-3-5-9-21)29-24(28)11-7-2-1-6-10-23(25)27/h1-5,8-9,12-15,18,22H,6-7,10-11,16-17H2/b2-1+/t22-/m1/s1. The van der Waals surface area contributed by atoms with Gasteiger partial charge in [-0.1, -0.05) is 66.7 Å². The summed E-state index contributed by atoms with van der Waals surface area (Å²) in [6.45, 7) is 0.677. The summed E-state index contributed by atoms with van der Waals surface area (Å²) in [4.78, 5) is 37.8. The van der Waals surface area contributed by atoms with Crippen LogP contribution in [0.1, 0.15) is 53.3 Å². The minimum atomic E-state index is -0.523. The van der Waals surface area contributed by atoms with E-state index in [0.29, 0.717) is 37.8 Å².